The van der Waals surface area contributed by atoms with Crippen molar-refractivity contribution in [2.24, 2.45) is 17.5 Å². The van der Waals surface area contributed by atoms with Gasteiger partial charge in [-0.25, -0.2) is 15.8 Å². The Morgan fingerprint density at radius 2 is 2.19 bits per heavy atom. The van der Waals surface area contributed by atoms with E-state index in [4.69, 9.17) is 16.3 Å². The Labute approximate surface area is 123 Å². The molecule has 8 heteroatoms. The molecule has 1 aliphatic rings. The van der Waals surface area contributed by atoms with Gasteiger partial charge in [-0.2, -0.15) is 0 Å². The Balaban J connectivity index is 2.05. The van der Waals surface area contributed by atoms with Crippen molar-refractivity contribution in [2.45, 2.75) is 25.9 Å². The average Bonchev–Trinajstić information content (AvgIpc) is 2.47. The fraction of sp³-hybridized carbons (Fsp3) is 0.615. The van der Waals surface area contributed by atoms with Crippen molar-refractivity contribution in [2.75, 3.05) is 30.5 Å². The molecular formula is C13H22N6O2. The first kappa shape index (κ1) is 15.5. The van der Waals surface area contributed by atoms with Crippen molar-refractivity contribution in [3.63, 3.8) is 0 Å². The van der Waals surface area contributed by atoms with Gasteiger partial charge in [0.1, 0.15) is 18.2 Å². The molecule has 0 aromatic carbocycles. The van der Waals surface area contributed by atoms with Crippen LogP contribution in [0, 0.1) is 5.92 Å². The summed E-state index contributed by atoms with van der Waals surface area (Å²) in [5.74, 6) is 7.55. The standard InChI is InChI=1S/C13H22N6O2/c1-21-8-12-16-11(18-15)7-13(17-12)19-4-2-9(3-5-19)6-10(14)20/h7,9H,2-6,8,15H2,1H3,(H2,14,20)(H,16,17,18). The summed E-state index contributed by atoms with van der Waals surface area (Å²) in [7, 11) is 1.60. The van der Waals surface area contributed by atoms with Crippen molar-refractivity contribution in [3.05, 3.63) is 11.9 Å². The number of anilines is 2. The van der Waals surface area contributed by atoms with E-state index in [1.165, 1.54) is 0 Å². The van der Waals surface area contributed by atoms with E-state index < -0.39 is 0 Å². The van der Waals surface area contributed by atoms with E-state index in [0.29, 0.717) is 30.6 Å². The molecule has 1 amide bonds. The first-order chi connectivity index (χ1) is 10.1. The number of nitrogens with one attached hydrogen (secondary N) is 1. The van der Waals surface area contributed by atoms with Gasteiger partial charge in [0.05, 0.1) is 0 Å². The number of aromatic nitrogens is 2. The number of hydrazine groups is 1. The number of nitrogen functional groups attached to an aromatic ring is 1. The Kier molecular flexibility index (Phi) is 5.29. The number of carbonyl (C=O) groups excluding carboxylic acids is 1. The van der Waals surface area contributed by atoms with E-state index in [0.717, 1.165) is 31.7 Å². The zero-order chi connectivity index (χ0) is 15.2. The molecule has 1 saturated heterocycles. The quantitative estimate of drug-likeness (QED) is 0.499. The van der Waals surface area contributed by atoms with Gasteiger partial charge in [0.25, 0.3) is 0 Å². The minimum absolute atomic E-state index is 0.229. The number of primary amides is 1. The fourth-order valence-corrected chi connectivity index (χ4v) is 2.56. The number of piperidine rings is 1. The monoisotopic (exact) mass is 294 g/mol. The van der Waals surface area contributed by atoms with E-state index in [1.54, 1.807) is 7.11 Å². The number of nitrogens with zero attached hydrogens (tertiary/aromatic N) is 3. The molecule has 5 N–H and O–H groups in total. The molecule has 1 aromatic heterocycles. The zero-order valence-corrected chi connectivity index (χ0v) is 12.2. The van der Waals surface area contributed by atoms with Crippen LogP contribution in [0.4, 0.5) is 11.6 Å². The third kappa shape index (κ3) is 4.27. The predicted octanol–water partition coefficient (Wildman–Crippen LogP) is 0.000400. The van der Waals surface area contributed by atoms with E-state index in [1.807, 2.05) is 6.07 Å². The van der Waals surface area contributed by atoms with Gasteiger partial charge in [0.2, 0.25) is 5.91 Å². The maximum Gasteiger partial charge on any atom is 0.217 e. The SMILES string of the molecule is COCc1nc(NN)cc(N2CCC(CC(N)=O)CC2)n1. The lowest BCUT2D eigenvalue weighted by molar-refractivity contribution is -0.119. The van der Waals surface area contributed by atoms with E-state index >= 15 is 0 Å². The molecule has 1 aromatic rings. The summed E-state index contributed by atoms with van der Waals surface area (Å²) in [6.07, 6.45) is 2.32. The van der Waals surface area contributed by atoms with Crippen molar-refractivity contribution in [3.8, 4) is 0 Å². The molecule has 1 fully saturated rings. The van der Waals surface area contributed by atoms with Gasteiger partial charge in [-0.1, -0.05) is 0 Å². The number of amides is 1. The number of ether oxygens (including phenoxy) is 1. The molecule has 1 aliphatic heterocycles. The van der Waals surface area contributed by atoms with Gasteiger partial charge in [0, 0.05) is 32.7 Å². The summed E-state index contributed by atoms with van der Waals surface area (Å²) in [5, 5.41) is 0. The van der Waals surface area contributed by atoms with E-state index in [9.17, 15) is 4.79 Å². The van der Waals surface area contributed by atoms with Crippen LogP contribution in [-0.2, 0) is 16.1 Å². The topological polar surface area (TPSA) is 119 Å². The lowest BCUT2D eigenvalue weighted by atomic mass is 9.93. The molecule has 0 saturated carbocycles. The highest BCUT2D eigenvalue weighted by atomic mass is 16.5. The third-order valence-corrected chi connectivity index (χ3v) is 3.61. The smallest absolute Gasteiger partial charge is 0.217 e. The van der Waals surface area contributed by atoms with Crippen LogP contribution < -0.4 is 21.9 Å². The lowest BCUT2D eigenvalue weighted by Crippen LogP contribution is -2.35. The van der Waals surface area contributed by atoms with Crippen molar-refractivity contribution in [1.82, 2.24) is 9.97 Å². The minimum atomic E-state index is -0.229. The third-order valence-electron chi connectivity index (χ3n) is 3.61. The van der Waals surface area contributed by atoms with Gasteiger partial charge in [-0.3, -0.25) is 4.79 Å². The Bertz CT molecular complexity index is 488. The average molecular weight is 294 g/mol. The predicted molar refractivity (Wildman–Crippen MR) is 79.3 cm³/mol. The second-order valence-electron chi connectivity index (χ2n) is 5.21. The maximum absolute atomic E-state index is 11.0. The van der Waals surface area contributed by atoms with Crippen molar-refractivity contribution < 1.29 is 9.53 Å². The largest absolute Gasteiger partial charge is 0.377 e. The summed E-state index contributed by atoms with van der Waals surface area (Å²) in [5.41, 5.74) is 7.80. The van der Waals surface area contributed by atoms with Crippen molar-refractivity contribution >= 4 is 17.5 Å². The summed E-state index contributed by atoms with van der Waals surface area (Å²) >= 11 is 0. The summed E-state index contributed by atoms with van der Waals surface area (Å²) in [6, 6.07) is 1.81. The van der Waals surface area contributed by atoms with Crippen LogP contribution in [0.2, 0.25) is 0 Å². The van der Waals surface area contributed by atoms with Crippen LogP contribution in [0.3, 0.4) is 0 Å². The van der Waals surface area contributed by atoms with Crippen LogP contribution >= 0.6 is 0 Å². The molecule has 2 heterocycles. The molecule has 0 radical (unpaired) electrons. The van der Waals surface area contributed by atoms with Crippen LogP contribution in [0.15, 0.2) is 6.07 Å². The molecule has 8 nitrogen and oxygen atoms in total. The van der Waals surface area contributed by atoms with Crippen LogP contribution in [0.1, 0.15) is 25.1 Å². The first-order valence-electron chi connectivity index (χ1n) is 6.99. The fourth-order valence-electron chi connectivity index (χ4n) is 2.56. The van der Waals surface area contributed by atoms with Crippen LogP contribution in [0.5, 0.6) is 0 Å². The highest BCUT2D eigenvalue weighted by molar-refractivity contribution is 5.74. The molecule has 0 atom stereocenters. The Morgan fingerprint density at radius 1 is 1.48 bits per heavy atom. The summed E-state index contributed by atoms with van der Waals surface area (Å²) in [6.45, 7) is 2.01. The minimum Gasteiger partial charge on any atom is -0.377 e. The van der Waals surface area contributed by atoms with Crippen LogP contribution in [0.25, 0.3) is 0 Å². The molecule has 21 heavy (non-hydrogen) atoms. The molecule has 0 spiro atoms. The molecule has 0 bridgehead atoms. The second-order valence-corrected chi connectivity index (χ2v) is 5.21. The van der Waals surface area contributed by atoms with Gasteiger partial charge >= 0.3 is 0 Å². The first-order valence-corrected chi connectivity index (χ1v) is 6.99. The van der Waals surface area contributed by atoms with Crippen LogP contribution in [-0.4, -0.2) is 36.1 Å². The number of hydrogen-bond donors (Lipinski definition) is 3. The number of hydrogen-bond acceptors (Lipinski definition) is 7. The van der Waals surface area contributed by atoms with Gasteiger partial charge in [-0.05, 0) is 18.8 Å². The number of rotatable bonds is 6. The normalized spacial score (nSPS) is 16.0. The van der Waals surface area contributed by atoms with Crippen molar-refractivity contribution in [1.29, 1.82) is 0 Å². The molecule has 0 aliphatic carbocycles. The Morgan fingerprint density at radius 3 is 2.76 bits per heavy atom. The summed E-state index contributed by atoms with van der Waals surface area (Å²) < 4.78 is 5.07. The molecule has 116 valence electrons. The van der Waals surface area contributed by atoms with E-state index in [-0.39, 0.29) is 5.91 Å². The van der Waals surface area contributed by atoms with Gasteiger partial charge < -0.3 is 20.8 Å². The summed E-state index contributed by atoms with van der Waals surface area (Å²) in [4.78, 5) is 21.9. The Hall–Kier alpha value is -1.93. The molecule has 0 unspecified atom stereocenters. The highest BCUT2D eigenvalue weighted by Crippen LogP contribution is 2.25. The molecule has 2 rings (SSSR count). The number of nitrogens with two attached hydrogens (primary N) is 2. The number of carbonyl (C=O) groups is 1. The number of methoxy groups -OCH3 is 1. The maximum atomic E-state index is 11.0. The highest BCUT2D eigenvalue weighted by Gasteiger charge is 2.22. The second kappa shape index (κ2) is 7.19. The molecular weight excluding hydrogens is 272 g/mol. The van der Waals surface area contributed by atoms with E-state index in [2.05, 4.69) is 20.3 Å². The van der Waals surface area contributed by atoms with Gasteiger partial charge in [-0.15, -0.1) is 0 Å². The van der Waals surface area contributed by atoms with Gasteiger partial charge in [0.15, 0.2) is 5.82 Å². The lowest BCUT2D eigenvalue weighted by Gasteiger charge is -2.32. The zero-order valence-electron chi connectivity index (χ0n) is 12.2.